The molecular weight excluding hydrogens is 1020 g/mol. The van der Waals surface area contributed by atoms with Crippen LogP contribution in [0.15, 0.2) is 78.4 Å². The number of hydrogen-bond acceptors (Lipinski definition) is 16. The number of piperidine rings is 1. The molecule has 5 aromatic rings. The highest BCUT2D eigenvalue weighted by Gasteiger charge is 2.44. The van der Waals surface area contributed by atoms with Crippen LogP contribution in [-0.2, 0) is 31.0 Å². The zero-order valence-corrected chi connectivity index (χ0v) is 46.1. The third kappa shape index (κ3) is 13.9. The summed E-state index contributed by atoms with van der Waals surface area (Å²) in [4.78, 5) is 64.3. The Morgan fingerprint density at radius 2 is 1.65 bits per heavy atom. The molecule has 0 radical (unpaired) electrons. The molecule has 3 amide bonds. The van der Waals surface area contributed by atoms with Gasteiger partial charge in [0.2, 0.25) is 33.7 Å². The van der Waals surface area contributed by atoms with Gasteiger partial charge in [0.1, 0.15) is 22.9 Å². The minimum atomic E-state index is -3.52. The lowest BCUT2D eigenvalue weighted by molar-refractivity contribution is -0.144. The molecule has 0 unspecified atom stereocenters. The van der Waals surface area contributed by atoms with Gasteiger partial charge in [-0.1, -0.05) is 68.8 Å². The molecule has 8 rings (SSSR count). The van der Waals surface area contributed by atoms with E-state index in [2.05, 4.69) is 50.9 Å². The van der Waals surface area contributed by atoms with Crippen LogP contribution in [0.3, 0.4) is 0 Å². The van der Waals surface area contributed by atoms with Crippen LogP contribution in [0.1, 0.15) is 51.3 Å². The predicted molar refractivity (Wildman–Crippen MR) is 296 cm³/mol. The summed E-state index contributed by atoms with van der Waals surface area (Å²) in [5.74, 6) is 0.741. The Kier molecular flexibility index (Phi) is 17.5. The number of carbonyl (C=O) groups is 3. The number of nitrogens with one attached hydrogen (secondary N) is 4. The van der Waals surface area contributed by atoms with E-state index in [1.54, 1.807) is 42.7 Å². The van der Waals surface area contributed by atoms with Crippen LogP contribution in [0, 0.1) is 18.3 Å². The number of methoxy groups -OCH3 is 1. The quantitative estimate of drug-likeness (QED) is 0.0671. The van der Waals surface area contributed by atoms with E-state index in [1.165, 1.54) is 22.4 Å². The molecule has 0 bridgehead atoms. The Morgan fingerprint density at radius 3 is 2.32 bits per heavy atom. The largest absolute Gasteiger partial charge is 0.494 e. The van der Waals surface area contributed by atoms with Gasteiger partial charge in [-0.2, -0.15) is 4.98 Å². The van der Waals surface area contributed by atoms with Crippen LogP contribution in [-0.4, -0.2) is 158 Å². The molecule has 3 saturated heterocycles. The molecule has 3 aliphatic heterocycles. The Labute approximate surface area is 449 Å². The van der Waals surface area contributed by atoms with Gasteiger partial charge in [-0.3, -0.25) is 23.6 Å². The number of sulfonamides is 1. The van der Waals surface area contributed by atoms with Crippen molar-refractivity contribution in [2.24, 2.45) is 11.3 Å². The maximum atomic E-state index is 14.2. The zero-order chi connectivity index (χ0) is 53.6. The molecule has 3 atom stereocenters. The molecule has 22 heteroatoms. The molecule has 402 valence electrons. The minimum absolute atomic E-state index is 0.0152. The van der Waals surface area contributed by atoms with Crippen molar-refractivity contribution in [3.8, 4) is 16.2 Å². The number of thiazole rings is 1. The van der Waals surface area contributed by atoms with Gasteiger partial charge < -0.3 is 45.8 Å². The Morgan fingerprint density at radius 1 is 0.947 bits per heavy atom. The number of carbonyl (C=O) groups excluding carboxylic acids is 3. The summed E-state index contributed by atoms with van der Waals surface area (Å²) in [7, 11) is -0.423. The lowest BCUT2D eigenvalue weighted by Gasteiger charge is -2.39. The molecular formula is C53H69ClN12O7S2. The minimum Gasteiger partial charge on any atom is -0.494 e. The second-order valence-electron chi connectivity index (χ2n) is 20.7. The van der Waals surface area contributed by atoms with E-state index in [1.807, 2.05) is 75.7 Å². The van der Waals surface area contributed by atoms with E-state index in [9.17, 15) is 27.9 Å². The highest BCUT2D eigenvalue weighted by molar-refractivity contribution is 7.92. The highest BCUT2D eigenvalue weighted by atomic mass is 35.5. The lowest BCUT2D eigenvalue weighted by Crippen LogP contribution is -2.59. The number of aromatic nitrogens is 3. The lowest BCUT2D eigenvalue weighted by atomic mass is 9.85. The number of aryl methyl sites for hydroxylation is 1. The van der Waals surface area contributed by atoms with Crippen molar-refractivity contribution >= 4 is 85.2 Å². The fraction of sp³-hybridized carbons (Fsp3) is 0.472. The summed E-state index contributed by atoms with van der Waals surface area (Å²) >= 11 is 8.07. The fourth-order valence-corrected chi connectivity index (χ4v) is 11.3. The number of aliphatic hydroxyl groups is 1. The molecule has 3 aliphatic rings. The number of β-amino-alcohol motifs (C(OH)–C–C–N with tert-alkyl or cyclic N) is 1. The van der Waals surface area contributed by atoms with Gasteiger partial charge in [0.15, 0.2) is 5.82 Å². The van der Waals surface area contributed by atoms with Crippen LogP contribution in [0.4, 0.5) is 34.5 Å². The first-order valence-corrected chi connectivity index (χ1v) is 28.4. The normalized spacial score (nSPS) is 18.4. The van der Waals surface area contributed by atoms with Crippen molar-refractivity contribution < 1.29 is 32.6 Å². The van der Waals surface area contributed by atoms with E-state index < -0.39 is 33.6 Å². The SMILES string of the molecule is COc1cc(N2CCC(CN3CCN(CC(=O)N[C@H](C(=O)N4C[C@H](O)C[C@H]4C(=O)NCc4ccc(-c5scnc5C)cc4)C(C)(C)C)CC3)CC2)ccc1Nc1ncc(Cl)c(Nc2ccccc2N(C)S(C)(=O)=O)n1. The van der Waals surface area contributed by atoms with E-state index in [-0.39, 0.29) is 54.7 Å². The molecule has 0 spiro atoms. The summed E-state index contributed by atoms with van der Waals surface area (Å²) in [5, 5.41) is 23.3. The summed E-state index contributed by atoms with van der Waals surface area (Å²) in [6.45, 7) is 14.0. The number of hydrogen-bond donors (Lipinski definition) is 5. The van der Waals surface area contributed by atoms with Crippen molar-refractivity contribution in [2.45, 2.75) is 71.7 Å². The first-order valence-electron chi connectivity index (χ1n) is 25.3. The number of piperazine rings is 1. The Bertz CT molecular complexity index is 2920. The number of benzene rings is 3. The summed E-state index contributed by atoms with van der Waals surface area (Å²) in [6.07, 6.45) is 3.94. The summed E-state index contributed by atoms with van der Waals surface area (Å²) in [5.41, 5.74) is 6.75. The van der Waals surface area contributed by atoms with Crippen LogP contribution in [0.5, 0.6) is 5.75 Å². The average Bonchev–Trinajstić information content (AvgIpc) is 4.01. The smallest absolute Gasteiger partial charge is 0.246 e. The number of aliphatic hydroxyl groups excluding tert-OH is 1. The van der Waals surface area contributed by atoms with Gasteiger partial charge >= 0.3 is 0 Å². The number of anilines is 6. The molecule has 75 heavy (non-hydrogen) atoms. The van der Waals surface area contributed by atoms with Gasteiger partial charge in [-0.25, -0.2) is 18.4 Å². The van der Waals surface area contributed by atoms with Crippen LogP contribution < -0.4 is 35.2 Å². The van der Waals surface area contributed by atoms with Crippen LogP contribution in [0.2, 0.25) is 5.02 Å². The molecule has 0 aliphatic carbocycles. The number of halogens is 1. The van der Waals surface area contributed by atoms with Crippen molar-refractivity contribution in [3.05, 3.63) is 94.7 Å². The summed E-state index contributed by atoms with van der Waals surface area (Å²) < 4.78 is 31.6. The van der Waals surface area contributed by atoms with Crippen LogP contribution in [0.25, 0.3) is 10.4 Å². The maximum Gasteiger partial charge on any atom is 0.246 e. The van der Waals surface area contributed by atoms with Crippen LogP contribution >= 0.6 is 22.9 Å². The van der Waals surface area contributed by atoms with E-state index in [0.717, 1.165) is 92.3 Å². The first kappa shape index (κ1) is 55.1. The Hall–Kier alpha value is -6.10. The molecule has 19 nitrogen and oxygen atoms in total. The van der Waals surface area contributed by atoms with Gasteiger partial charge in [0.25, 0.3) is 0 Å². The third-order valence-electron chi connectivity index (χ3n) is 14.2. The molecule has 0 saturated carbocycles. The summed E-state index contributed by atoms with van der Waals surface area (Å²) in [6, 6.07) is 19.1. The molecule has 5 heterocycles. The Balaban J connectivity index is 0.781. The first-order chi connectivity index (χ1) is 35.7. The number of para-hydroxylation sites is 2. The van der Waals surface area contributed by atoms with Gasteiger partial charge in [0, 0.05) is 84.1 Å². The molecule has 5 N–H and O–H groups in total. The van der Waals surface area contributed by atoms with Crippen molar-refractivity contribution in [3.63, 3.8) is 0 Å². The standard InChI is InChI=1S/C53H69ClN12O7S2/c1-34-47(74-33-57-34)37-14-12-35(13-15-37)28-55-50(69)44-27-39(67)31-66(44)51(70)48(53(2,3)4)60-46(68)32-64-24-22-63(23-25-64)30-36-18-20-65(21-19-36)38-16-17-42(45(26-38)73-6)59-52-56-29-40(54)49(61-52)58-41-10-8-9-11-43(41)62(5)75(7,71)72/h8-17,26,29,33,36,39,44,48,67H,18-25,27-28,30-32H2,1-7H3,(H,55,69)(H,60,68)(H2,56,58,59,61)/t39-,44+,48-/m1/s1. The monoisotopic (exact) mass is 1080 g/mol. The van der Waals surface area contributed by atoms with E-state index in [0.29, 0.717) is 34.5 Å². The number of amides is 3. The van der Waals surface area contributed by atoms with Crippen molar-refractivity contribution in [1.82, 2.24) is 40.3 Å². The third-order valence-corrected chi connectivity index (χ3v) is 16.7. The molecule has 3 fully saturated rings. The van der Waals surface area contributed by atoms with Crippen molar-refractivity contribution in [2.75, 3.05) is 99.2 Å². The molecule has 3 aromatic carbocycles. The van der Waals surface area contributed by atoms with Gasteiger partial charge in [-0.15, -0.1) is 11.3 Å². The second kappa shape index (κ2) is 23.8. The molecule has 2 aromatic heterocycles. The van der Waals surface area contributed by atoms with E-state index in [4.69, 9.17) is 16.3 Å². The maximum absolute atomic E-state index is 14.2. The predicted octanol–water partition coefficient (Wildman–Crippen LogP) is 6.10. The van der Waals surface area contributed by atoms with E-state index >= 15 is 0 Å². The highest BCUT2D eigenvalue weighted by Crippen LogP contribution is 2.36. The number of likely N-dealkylation sites (tertiary alicyclic amines) is 1. The fourth-order valence-electron chi connectivity index (χ4n) is 9.83. The zero-order valence-electron chi connectivity index (χ0n) is 43.7. The van der Waals surface area contributed by atoms with Gasteiger partial charge in [-0.05, 0) is 66.5 Å². The number of rotatable bonds is 18. The number of ether oxygens (including phenoxy) is 1. The average molecular weight is 1090 g/mol. The second-order valence-corrected chi connectivity index (χ2v) is 24.0. The van der Waals surface area contributed by atoms with Crippen molar-refractivity contribution in [1.29, 1.82) is 0 Å². The number of nitrogens with zero attached hydrogens (tertiary/aromatic N) is 8. The van der Waals surface area contributed by atoms with Gasteiger partial charge in [0.05, 0.1) is 65.4 Å². The topological polar surface area (TPSA) is 218 Å².